The van der Waals surface area contributed by atoms with Gasteiger partial charge in [0.25, 0.3) is 0 Å². The van der Waals surface area contributed by atoms with Gasteiger partial charge < -0.3 is 5.73 Å². The molecule has 0 aliphatic rings. The Bertz CT molecular complexity index is 650. The third kappa shape index (κ3) is 2.99. The van der Waals surface area contributed by atoms with Crippen LogP contribution in [0, 0.1) is 0 Å². The molecular weight excluding hydrogens is 270 g/mol. The molecule has 0 saturated heterocycles. The summed E-state index contributed by atoms with van der Waals surface area (Å²) in [6.07, 6.45) is 0. The molecule has 0 atom stereocenters. The summed E-state index contributed by atoms with van der Waals surface area (Å²) in [7, 11) is -3.26. The number of thiazole rings is 1. The molecule has 0 unspecified atom stereocenters. The highest BCUT2D eigenvalue weighted by Crippen LogP contribution is 2.25. The van der Waals surface area contributed by atoms with E-state index < -0.39 is 10.0 Å². The molecule has 96 valence electrons. The molecule has 1 aromatic heterocycles. The van der Waals surface area contributed by atoms with Crippen LogP contribution in [0.5, 0.6) is 0 Å². The van der Waals surface area contributed by atoms with Gasteiger partial charge in [0, 0.05) is 16.6 Å². The van der Waals surface area contributed by atoms with Gasteiger partial charge in [0.1, 0.15) is 0 Å². The first kappa shape index (κ1) is 12.8. The molecule has 0 aliphatic carbocycles. The van der Waals surface area contributed by atoms with Crippen LogP contribution in [0.25, 0.3) is 11.3 Å². The summed E-state index contributed by atoms with van der Waals surface area (Å²) < 4.78 is 25.5. The van der Waals surface area contributed by atoms with Crippen molar-refractivity contribution < 1.29 is 8.42 Å². The van der Waals surface area contributed by atoms with Gasteiger partial charge in [0.05, 0.1) is 11.4 Å². The fourth-order valence-corrected chi connectivity index (χ4v) is 2.62. The van der Waals surface area contributed by atoms with Crippen LogP contribution in [0.1, 0.15) is 6.92 Å². The lowest BCUT2D eigenvalue weighted by molar-refractivity contribution is 0.602. The van der Waals surface area contributed by atoms with Crippen LogP contribution in [0.3, 0.4) is 0 Å². The number of nitrogens with zero attached hydrogens (tertiary/aromatic N) is 1. The van der Waals surface area contributed by atoms with Crippen LogP contribution >= 0.6 is 11.3 Å². The zero-order chi connectivity index (χ0) is 13.2. The van der Waals surface area contributed by atoms with E-state index in [4.69, 9.17) is 5.73 Å². The fraction of sp³-hybridized carbons (Fsp3) is 0.182. The lowest BCUT2D eigenvalue weighted by Crippen LogP contribution is -2.14. The standard InChI is InChI=1S/C11H13N3O2S2/c1-2-18(15,16)14-9-5-3-4-8(6-9)10-7-17-11(12)13-10/h3-7,14H,2H2,1H3,(H2,12,13). The van der Waals surface area contributed by atoms with E-state index in [0.717, 1.165) is 11.3 Å². The second-order valence-corrected chi connectivity index (χ2v) is 6.56. The number of rotatable bonds is 4. The topological polar surface area (TPSA) is 85.1 Å². The normalized spacial score (nSPS) is 11.4. The van der Waals surface area contributed by atoms with Gasteiger partial charge in [-0.05, 0) is 19.1 Å². The summed E-state index contributed by atoms with van der Waals surface area (Å²) in [5, 5.41) is 2.33. The predicted molar refractivity (Wildman–Crippen MR) is 75.0 cm³/mol. The smallest absolute Gasteiger partial charge is 0.232 e. The van der Waals surface area contributed by atoms with Crippen LogP contribution in [0.2, 0.25) is 0 Å². The minimum Gasteiger partial charge on any atom is -0.375 e. The number of hydrogen-bond donors (Lipinski definition) is 2. The third-order valence-corrected chi connectivity index (χ3v) is 4.31. The fourth-order valence-electron chi connectivity index (χ4n) is 1.41. The molecule has 1 heterocycles. The highest BCUT2D eigenvalue weighted by Gasteiger charge is 2.08. The molecule has 1 aromatic carbocycles. The Morgan fingerprint density at radius 1 is 1.44 bits per heavy atom. The van der Waals surface area contributed by atoms with E-state index in [0.29, 0.717) is 10.8 Å². The van der Waals surface area contributed by atoms with Crippen molar-refractivity contribution in [2.24, 2.45) is 0 Å². The summed E-state index contributed by atoms with van der Waals surface area (Å²) >= 11 is 1.35. The number of hydrogen-bond acceptors (Lipinski definition) is 5. The number of benzene rings is 1. The zero-order valence-electron chi connectivity index (χ0n) is 9.75. The van der Waals surface area contributed by atoms with Crippen LogP contribution < -0.4 is 10.5 Å². The molecule has 7 heteroatoms. The first-order valence-corrected chi connectivity index (χ1v) is 7.85. The minimum absolute atomic E-state index is 0.0425. The molecule has 0 aliphatic heterocycles. The quantitative estimate of drug-likeness (QED) is 0.900. The number of aromatic nitrogens is 1. The number of nitrogen functional groups attached to an aromatic ring is 1. The largest absolute Gasteiger partial charge is 0.375 e. The number of nitrogens with two attached hydrogens (primary N) is 1. The van der Waals surface area contributed by atoms with E-state index in [-0.39, 0.29) is 5.75 Å². The molecule has 3 N–H and O–H groups in total. The molecule has 18 heavy (non-hydrogen) atoms. The third-order valence-electron chi connectivity index (χ3n) is 2.33. The average Bonchev–Trinajstić information content (AvgIpc) is 2.76. The molecule has 0 amide bonds. The first-order valence-electron chi connectivity index (χ1n) is 5.32. The van der Waals surface area contributed by atoms with E-state index in [2.05, 4.69) is 9.71 Å². The molecule has 0 spiro atoms. The summed E-state index contributed by atoms with van der Waals surface area (Å²) in [6.45, 7) is 1.59. The second kappa shape index (κ2) is 4.95. The van der Waals surface area contributed by atoms with Gasteiger partial charge in [-0.25, -0.2) is 13.4 Å². The Morgan fingerprint density at radius 2 is 2.22 bits per heavy atom. The van der Waals surface area contributed by atoms with Crippen LogP contribution in [-0.2, 0) is 10.0 Å². The van der Waals surface area contributed by atoms with E-state index in [1.807, 2.05) is 11.4 Å². The van der Waals surface area contributed by atoms with E-state index in [9.17, 15) is 8.42 Å². The van der Waals surface area contributed by atoms with E-state index >= 15 is 0 Å². The summed E-state index contributed by atoms with van der Waals surface area (Å²) in [4.78, 5) is 4.16. The maximum atomic E-state index is 11.5. The van der Waals surface area contributed by atoms with Crippen LogP contribution in [-0.4, -0.2) is 19.2 Å². The van der Waals surface area contributed by atoms with Crippen molar-refractivity contribution in [1.29, 1.82) is 0 Å². The Kier molecular flexibility index (Phi) is 3.53. The van der Waals surface area contributed by atoms with Crippen molar-refractivity contribution in [3.8, 4) is 11.3 Å². The van der Waals surface area contributed by atoms with Crippen molar-refractivity contribution in [2.45, 2.75) is 6.92 Å². The molecule has 0 fully saturated rings. The van der Waals surface area contributed by atoms with Gasteiger partial charge in [0.2, 0.25) is 10.0 Å². The average molecular weight is 283 g/mol. The zero-order valence-corrected chi connectivity index (χ0v) is 11.4. The summed E-state index contributed by atoms with van der Waals surface area (Å²) in [5.41, 5.74) is 7.68. The van der Waals surface area contributed by atoms with Crippen molar-refractivity contribution in [3.63, 3.8) is 0 Å². The van der Waals surface area contributed by atoms with Gasteiger partial charge in [-0.15, -0.1) is 11.3 Å². The van der Waals surface area contributed by atoms with Gasteiger partial charge >= 0.3 is 0 Å². The molecule has 0 saturated carbocycles. The number of nitrogens with one attached hydrogen (secondary N) is 1. The molecular formula is C11H13N3O2S2. The Labute approximate surface area is 110 Å². The van der Waals surface area contributed by atoms with Gasteiger partial charge in [-0.2, -0.15) is 0 Å². The van der Waals surface area contributed by atoms with Crippen molar-refractivity contribution in [2.75, 3.05) is 16.2 Å². The summed E-state index contributed by atoms with van der Waals surface area (Å²) in [6, 6.07) is 7.07. The summed E-state index contributed by atoms with van der Waals surface area (Å²) in [5.74, 6) is 0.0425. The number of sulfonamides is 1. The van der Waals surface area contributed by atoms with Crippen molar-refractivity contribution >= 4 is 32.2 Å². The maximum absolute atomic E-state index is 11.5. The monoisotopic (exact) mass is 283 g/mol. The van der Waals surface area contributed by atoms with Gasteiger partial charge in [-0.3, -0.25) is 4.72 Å². The second-order valence-electron chi connectivity index (χ2n) is 3.66. The molecule has 0 radical (unpaired) electrons. The van der Waals surface area contributed by atoms with Gasteiger partial charge in [-0.1, -0.05) is 12.1 Å². The van der Waals surface area contributed by atoms with Crippen LogP contribution in [0.15, 0.2) is 29.6 Å². The maximum Gasteiger partial charge on any atom is 0.232 e. The lowest BCUT2D eigenvalue weighted by atomic mass is 10.1. The van der Waals surface area contributed by atoms with E-state index in [1.54, 1.807) is 25.1 Å². The molecule has 2 rings (SSSR count). The highest BCUT2D eigenvalue weighted by atomic mass is 32.2. The molecule has 5 nitrogen and oxygen atoms in total. The van der Waals surface area contributed by atoms with Crippen molar-refractivity contribution in [1.82, 2.24) is 4.98 Å². The lowest BCUT2D eigenvalue weighted by Gasteiger charge is -2.06. The predicted octanol–water partition coefficient (Wildman–Crippen LogP) is 2.15. The molecule has 0 bridgehead atoms. The van der Waals surface area contributed by atoms with Crippen molar-refractivity contribution in [3.05, 3.63) is 29.6 Å². The number of anilines is 2. The Hall–Kier alpha value is -1.60. The SMILES string of the molecule is CCS(=O)(=O)Nc1cccc(-c2csc(N)n2)c1. The highest BCUT2D eigenvalue weighted by molar-refractivity contribution is 7.92. The Balaban J connectivity index is 2.31. The van der Waals surface area contributed by atoms with Gasteiger partial charge in [0.15, 0.2) is 5.13 Å². The minimum atomic E-state index is -3.26. The van der Waals surface area contributed by atoms with Crippen LogP contribution in [0.4, 0.5) is 10.8 Å². The molecule has 2 aromatic rings. The first-order chi connectivity index (χ1) is 8.50. The van der Waals surface area contributed by atoms with E-state index in [1.165, 1.54) is 11.3 Å². The Morgan fingerprint density at radius 3 is 2.83 bits per heavy atom.